The minimum absolute atomic E-state index is 0.637. The first kappa shape index (κ1) is 14.0. The first-order valence-electron chi connectivity index (χ1n) is 8.07. The van der Waals surface area contributed by atoms with E-state index in [1.54, 1.807) is 11.3 Å². The average molecular weight is 311 g/mol. The van der Waals surface area contributed by atoms with Gasteiger partial charge in [0, 0.05) is 11.4 Å². The van der Waals surface area contributed by atoms with E-state index in [1.807, 2.05) is 6.20 Å². The summed E-state index contributed by atoms with van der Waals surface area (Å²) in [4.78, 5) is 2.58. The Hall–Kier alpha value is -1.65. The Bertz CT molecular complexity index is 760. The third-order valence-corrected chi connectivity index (χ3v) is 5.47. The highest BCUT2D eigenvalue weighted by Gasteiger charge is 2.23. The molecule has 0 amide bonds. The van der Waals surface area contributed by atoms with E-state index in [4.69, 9.17) is 0 Å². The van der Waals surface area contributed by atoms with Crippen LogP contribution in [0.3, 0.4) is 0 Å². The molecule has 2 aromatic heterocycles. The molecule has 1 atom stereocenters. The fourth-order valence-electron chi connectivity index (χ4n) is 3.54. The molecule has 0 N–H and O–H groups in total. The predicted octanol–water partition coefficient (Wildman–Crippen LogP) is 4.25. The number of hydrogen-bond donors (Lipinski definition) is 0. The Kier molecular flexibility index (Phi) is 3.72. The summed E-state index contributed by atoms with van der Waals surface area (Å²) in [6.45, 7) is 5.64. The zero-order chi connectivity index (χ0) is 14.9. The SMILES string of the molecule is CCN1CCCC1Cn1ncc2ccc(-c3ccsc3)cc21. The molecule has 0 radical (unpaired) electrons. The van der Waals surface area contributed by atoms with Crippen molar-refractivity contribution in [1.29, 1.82) is 0 Å². The number of aromatic nitrogens is 2. The highest BCUT2D eigenvalue weighted by Crippen LogP contribution is 2.27. The summed E-state index contributed by atoms with van der Waals surface area (Å²) >= 11 is 1.75. The first-order chi connectivity index (χ1) is 10.8. The number of rotatable bonds is 4. The number of nitrogens with zero attached hydrogens (tertiary/aromatic N) is 3. The van der Waals surface area contributed by atoms with E-state index in [2.05, 4.69) is 56.6 Å². The summed E-state index contributed by atoms with van der Waals surface area (Å²) in [7, 11) is 0. The van der Waals surface area contributed by atoms with E-state index in [0.717, 1.165) is 13.1 Å². The van der Waals surface area contributed by atoms with Crippen LogP contribution in [-0.4, -0.2) is 33.8 Å². The van der Waals surface area contributed by atoms with Gasteiger partial charge in [-0.05, 0) is 60.0 Å². The van der Waals surface area contributed by atoms with Crippen molar-refractivity contribution in [2.45, 2.75) is 32.4 Å². The third-order valence-electron chi connectivity index (χ3n) is 4.79. The molecule has 0 bridgehead atoms. The van der Waals surface area contributed by atoms with Crippen molar-refractivity contribution in [3.63, 3.8) is 0 Å². The van der Waals surface area contributed by atoms with Crippen LogP contribution < -0.4 is 0 Å². The van der Waals surface area contributed by atoms with Crippen LogP contribution in [-0.2, 0) is 6.54 Å². The smallest absolute Gasteiger partial charge is 0.0689 e. The van der Waals surface area contributed by atoms with Crippen LogP contribution in [0, 0.1) is 0 Å². The molecule has 1 fully saturated rings. The standard InChI is InChI=1S/C18H21N3S/c1-2-20-8-3-4-17(20)12-21-18-10-14(16-7-9-22-13-16)5-6-15(18)11-19-21/h5-7,9-11,13,17H,2-4,8,12H2,1H3. The van der Waals surface area contributed by atoms with Gasteiger partial charge in [-0.3, -0.25) is 9.58 Å². The van der Waals surface area contributed by atoms with Gasteiger partial charge in [0.25, 0.3) is 0 Å². The second-order valence-electron chi connectivity index (χ2n) is 6.04. The van der Waals surface area contributed by atoms with E-state index < -0.39 is 0 Å². The zero-order valence-electron chi connectivity index (χ0n) is 12.9. The monoisotopic (exact) mass is 311 g/mol. The molecule has 1 saturated heterocycles. The topological polar surface area (TPSA) is 21.1 Å². The van der Waals surface area contributed by atoms with Gasteiger partial charge in [-0.15, -0.1) is 0 Å². The second kappa shape index (κ2) is 5.86. The van der Waals surface area contributed by atoms with Crippen molar-refractivity contribution < 1.29 is 0 Å². The second-order valence-corrected chi connectivity index (χ2v) is 6.82. The van der Waals surface area contributed by atoms with E-state index in [9.17, 15) is 0 Å². The number of thiophene rings is 1. The van der Waals surface area contributed by atoms with Gasteiger partial charge in [0.1, 0.15) is 0 Å². The summed E-state index contributed by atoms with van der Waals surface area (Å²) in [5.41, 5.74) is 3.84. The van der Waals surface area contributed by atoms with Crippen LogP contribution >= 0.6 is 11.3 Å². The van der Waals surface area contributed by atoms with Gasteiger partial charge < -0.3 is 0 Å². The molecule has 0 aliphatic carbocycles. The summed E-state index contributed by atoms with van der Waals surface area (Å²) in [6, 6.07) is 9.50. The average Bonchev–Trinajstić information content (AvgIpc) is 3.28. The fourth-order valence-corrected chi connectivity index (χ4v) is 4.21. The highest BCUT2D eigenvalue weighted by atomic mass is 32.1. The minimum Gasteiger partial charge on any atom is -0.299 e. The molecule has 4 rings (SSSR count). The van der Waals surface area contributed by atoms with Gasteiger partial charge in [-0.1, -0.05) is 19.1 Å². The molecular weight excluding hydrogens is 290 g/mol. The largest absolute Gasteiger partial charge is 0.299 e. The number of likely N-dealkylation sites (tertiary alicyclic amines) is 1. The first-order valence-corrected chi connectivity index (χ1v) is 9.01. The molecule has 4 heteroatoms. The molecule has 1 aromatic carbocycles. The Morgan fingerprint density at radius 2 is 2.23 bits per heavy atom. The molecule has 0 saturated carbocycles. The van der Waals surface area contributed by atoms with Crippen LogP contribution in [0.25, 0.3) is 22.0 Å². The lowest BCUT2D eigenvalue weighted by molar-refractivity contribution is 0.240. The number of likely N-dealkylation sites (N-methyl/N-ethyl adjacent to an activating group) is 1. The Labute approximate surface area is 135 Å². The highest BCUT2D eigenvalue weighted by molar-refractivity contribution is 7.08. The van der Waals surface area contributed by atoms with E-state index >= 15 is 0 Å². The number of hydrogen-bond acceptors (Lipinski definition) is 3. The number of benzene rings is 1. The maximum atomic E-state index is 4.64. The lowest BCUT2D eigenvalue weighted by Crippen LogP contribution is -2.32. The van der Waals surface area contributed by atoms with Gasteiger partial charge in [0.15, 0.2) is 0 Å². The van der Waals surface area contributed by atoms with Crippen LogP contribution in [0.1, 0.15) is 19.8 Å². The van der Waals surface area contributed by atoms with Crippen LogP contribution in [0.4, 0.5) is 0 Å². The van der Waals surface area contributed by atoms with Crippen molar-refractivity contribution >= 4 is 22.2 Å². The van der Waals surface area contributed by atoms with Gasteiger partial charge in [0.2, 0.25) is 0 Å². The summed E-state index contributed by atoms with van der Waals surface area (Å²) in [5, 5.41) is 10.2. The zero-order valence-corrected chi connectivity index (χ0v) is 13.7. The van der Waals surface area contributed by atoms with Crippen molar-refractivity contribution in [3.05, 3.63) is 41.2 Å². The van der Waals surface area contributed by atoms with Crippen LogP contribution in [0.5, 0.6) is 0 Å². The lowest BCUT2D eigenvalue weighted by Gasteiger charge is -2.22. The Morgan fingerprint density at radius 3 is 3.05 bits per heavy atom. The lowest BCUT2D eigenvalue weighted by atomic mass is 10.1. The molecule has 1 aliphatic heterocycles. The maximum absolute atomic E-state index is 4.64. The third kappa shape index (κ3) is 2.46. The van der Waals surface area contributed by atoms with Crippen molar-refractivity contribution in [3.8, 4) is 11.1 Å². The molecule has 3 nitrogen and oxygen atoms in total. The molecule has 1 aliphatic rings. The molecule has 0 spiro atoms. The quantitative estimate of drug-likeness (QED) is 0.718. The van der Waals surface area contributed by atoms with Crippen LogP contribution in [0.2, 0.25) is 0 Å². The normalized spacial score (nSPS) is 19.2. The van der Waals surface area contributed by atoms with E-state index in [0.29, 0.717) is 6.04 Å². The van der Waals surface area contributed by atoms with Gasteiger partial charge in [-0.25, -0.2) is 0 Å². The fraction of sp³-hybridized carbons (Fsp3) is 0.389. The predicted molar refractivity (Wildman–Crippen MR) is 93.3 cm³/mol. The molecule has 22 heavy (non-hydrogen) atoms. The van der Waals surface area contributed by atoms with Crippen molar-refractivity contribution in [2.75, 3.05) is 13.1 Å². The maximum Gasteiger partial charge on any atom is 0.0689 e. The summed E-state index contributed by atoms with van der Waals surface area (Å²) < 4.78 is 2.20. The minimum atomic E-state index is 0.637. The van der Waals surface area contributed by atoms with Gasteiger partial charge in [0.05, 0.1) is 18.3 Å². The molecule has 3 heterocycles. The molecule has 114 valence electrons. The van der Waals surface area contributed by atoms with E-state index in [1.165, 1.54) is 41.4 Å². The van der Waals surface area contributed by atoms with Crippen molar-refractivity contribution in [1.82, 2.24) is 14.7 Å². The van der Waals surface area contributed by atoms with Gasteiger partial charge in [-0.2, -0.15) is 16.4 Å². The molecule has 1 unspecified atom stereocenters. The summed E-state index contributed by atoms with van der Waals surface area (Å²) in [6.07, 6.45) is 4.61. The summed E-state index contributed by atoms with van der Waals surface area (Å²) in [5.74, 6) is 0. The molecular formula is C18H21N3S. The Balaban J connectivity index is 1.67. The van der Waals surface area contributed by atoms with Crippen LogP contribution in [0.15, 0.2) is 41.2 Å². The van der Waals surface area contributed by atoms with Gasteiger partial charge >= 0.3 is 0 Å². The molecule has 3 aromatic rings. The van der Waals surface area contributed by atoms with E-state index in [-0.39, 0.29) is 0 Å². The number of fused-ring (bicyclic) bond motifs is 1. The Morgan fingerprint density at radius 1 is 1.27 bits per heavy atom. The van der Waals surface area contributed by atoms with Crippen molar-refractivity contribution in [2.24, 2.45) is 0 Å².